The summed E-state index contributed by atoms with van der Waals surface area (Å²) in [6.07, 6.45) is 4.03. The highest BCUT2D eigenvalue weighted by molar-refractivity contribution is 5.96. The maximum Gasteiger partial charge on any atom is 0.227 e. The second-order valence-electron chi connectivity index (χ2n) is 8.64. The van der Waals surface area contributed by atoms with E-state index in [-0.39, 0.29) is 11.8 Å². The summed E-state index contributed by atoms with van der Waals surface area (Å²) in [4.78, 5) is 19.7. The molecule has 0 bridgehead atoms. The summed E-state index contributed by atoms with van der Waals surface area (Å²) in [6.45, 7) is 8.29. The van der Waals surface area contributed by atoms with E-state index >= 15 is 0 Å². The van der Waals surface area contributed by atoms with E-state index in [2.05, 4.69) is 67.8 Å². The van der Waals surface area contributed by atoms with Crippen LogP contribution in [0.5, 0.6) is 0 Å². The Balaban J connectivity index is 1.59. The molecule has 4 nitrogen and oxygen atoms in total. The summed E-state index contributed by atoms with van der Waals surface area (Å²) >= 11 is 0. The molecule has 4 rings (SSSR count). The van der Waals surface area contributed by atoms with Crippen LogP contribution >= 0.6 is 0 Å². The highest BCUT2D eigenvalue weighted by atomic mass is 16.2. The third-order valence-corrected chi connectivity index (χ3v) is 5.79. The van der Waals surface area contributed by atoms with Gasteiger partial charge in [0.15, 0.2) is 0 Å². The number of unbranched alkanes of at least 4 members (excludes halogenated alkanes) is 1. The molecule has 1 aliphatic rings. The number of rotatable bonds is 7. The van der Waals surface area contributed by atoms with Crippen molar-refractivity contribution in [3.63, 3.8) is 0 Å². The van der Waals surface area contributed by atoms with Gasteiger partial charge < -0.3 is 9.47 Å². The molecule has 0 spiro atoms. The van der Waals surface area contributed by atoms with Crippen LogP contribution in [-0.4, -0.2) is 22.0 Å². The Morgan fingerprint density at radius 1 is 1.10 bits per heavy atom. The van der Waals surface area contributed by atoms with Gasteiger partial charge in [-0.2, -0.15) is 0 Å². The molecule has 0 aliphatic carbocycles. The highest BCUT2D eigenvalue weighted by Crippen LogP contribution is 2.33. The highest BCUT2D eigenvalue weighted by Gasteiger charge is 2.34. The average Bonchev–Trinajstić information content (AvgIpc) is 3.27. The van der Waals surface area contributed by atoms with Crippen molar-refractivity contribution in [3.05, 3.63) is 59.9 Å². The Hall–Kier alpha value is -2.62. The summed E-state index contributed by atoms with van der Waals surface area (Å²) in [7, 11) is 0. The molecule has 2 aromatic carbocycles. The van der Waals surface area contributed by atoms with Gasteiger partial charge in [0.05, 0.1) is 11.0 Å². The summed E-state index contributed by atoms with van der Waals surface area (Å²) in [5.74, 6) is 1.90. The number of anilines is 1. The normalized spacial score (nSPS) is 17.0. The lowest BCUT2D eigenvalue weighted by Crippen LogP contribution is -2.24. The van der Waals surface area contributed by atoms with Crippen molar-refractivity contribution in [2.24, 2.45) is 5.92 Å². The Labute approximate surface area is 173 Å². The Bertz CT molecular complexity index is 987. The van der Waals surface area contributed by atoms with E-state index in [0.717, 1.165) is 30.0 Å². The molecule has 0 saturated carbocycles. The molecule has 1 aromatic heterocycles. The van der Waals surface area contributed by atoms with E-state index in [0.29, 0.717) is 18.9 Å². The van der Waals surface area contributed by atoms with Crippen molar-refractivity contribution in [3.8, 4) is 0 Å². The van der Waals surface area contributed by atoms with Crippen LogP contribution < -0.4 is 4.90 Å². The Morgan fingerprint density at radius 3 is 2.59 bits per heavy atom. The van der Waals surface area contributed by atoms with Crippen molar-refractivity contribution in [2.45, 2.75) is 58.9 Å². The van der Waals surface area contributed by atoms with Crippen LogP contribution in [0.25, 0.3) is 11.0 Å². The van der Waals surface area contributed by atoms with Crippen LogP contribution in [0.15, 0.2) is 48.5 Å². The molecule has 0 radical (unpaired) electrons. The maximum atomic E-state index is 12.9. The van der Waals surface area contributed by atoms with Gasteiger partial charge in [0, 0.05) is 31.1 Å². The lowest BCUT2D eigenvalue weighted by molar-refractivity contribution is -0.117. The predicted octanol–water partition coefficient (Wildman–Crippen LogP) is 5.56. The maximum absolute atomic E-state index is 12.9. The molecule has 4 heteroatoms. The Kier molecular flexibility index (Phi) is 5.70. The molecule has 1 amide bonds. The molecule has 0 N–H and O–H groups in total. The van der Waals surface area contributed by atoms with Crippen LogP contribution in [0.3, 0.4) is 0 Å². The molecule has 1 saturated heterocycles. The molecule has 29 heavy (non-hydrogen) atoms. The number of nitrogens with zero attached hydrogens (tertiary/aromatic N) is 3. The average molecular weight is 390 g/mol. The van der Waals surface area contributed by atoms with Crippen molar-refractivity contribution in [2.75, 3.05) is 11.4 Å². The summed E-state index contributed by atoms with van der Waals surface area (Å²) < 4.78 is 2.33. The zero-order valence-corrected chi connectivity index (χ0v) is 17.8. The van der Waals surface area contributed by atoms with Gasteiger partial charge in [-0.3, -0.25) is 4.79 Å². The van der Waals surface area contributed by atoms with Gasteiger partial charge in [0.2, 0.25) is 5.91 Å². The number of hydrogen-bond acceptors (Lipinski definition) is 2. The molecule has 1 aliphatic heterocycles. The number of imidazole rings is 1. The summed E-state index contributed by atoms with van der Waals surface area (Å²) in [6, 6.07) is 16.8. The first-order valence-corrected chi connectivity index (χ1v) is 10.9. The molecule has 152 valence electrons. The van der Waals surface area contributed by atoms with Gasteiger partial charge in [-0.1, -0.05) is 51.5 Å². The predicted molar refractivity (Wildman–Crippen MR) is 119 cm³/mol. The minimum absolute atomic E-state index is 0.133. The Morgan fingerprint density at radius 2 is 1.86 bits per heavy atom. The molecular formula is C25H31N3O. The van der Waals surface area contributed by atoms with Gasteiger partial charge in [-0.25, -0.2) is 4.98 Å². The van der Waals surface area contributed by atoms with Gasteiger partial charge >= 0.3 is 0 Å². The van der Waals surface area contributed by atoms with Crippen LogP contribution in [0.4, 0.5) is 5.69 Å². The van der Waals surface area contributed by atoms with Gasteiger partial charge in [-0.05, 0) is 48.6 Å². The standard InChI is InChI=1S/C25H31N3O/c1-4-5-8-19-11-13-21(14-12-19)27-17-20(15-24(27)29)25-26-22-9-6-7-10-23(22)28(25)16-18(2)3/h6-7,9-14,18,20H,4-5,8,15-17H2,1-3H3. The fourth-order valence-corrected chi connectivity index (χ4v) is 4.32. The SMILES string of the molecule is CCCCc1ccc(N2CC(c3nc4ccccc4n3CC(C)C)CC2=O)cc1. The van der Waals surface area contributed by atoms with Crippen LogP contribution in [0.2, 0.25) is 0 Å². The van der Waals surface area contributed by atoms with Crippen molar-refractivity contribution < 1.29 is 4.79 Å². The van der Waals surface area contributed by atoms with E-state index in [1.54, 1.807) is 0 Å². The summed E-state index contributed by atoms with van der Waals surface area (Å²) in [5.41, 5.74) is 4.54. The van der Waals surface area contributed by atoms with Gasteiger partial charge in [0.1, 0.15) is 5.82 Å². The zero-order chi connectivity index (χ0) is 20.4. The smallest absolute Gasteiger partial charge is 0.227 e. The number of aromatic nitrogens is 2. The monoisotopic (exact) mass is 389 g/mol. The van der Waals surface area contributed by atoms with Gasteiger partial charge in [-0.15, -0.1) is 0 Å². The number of benzene rings is 2. The lowest BCUT2D eigenvalue weighted by Gasteiger charge is -2.18. The lowest BCUT2D eigenvalue weighted by atomic mass is 10.1. The fraction of sp³-hybridized carbons (Fsp3) is 0.440. The number of carbonyl (C=O) groups excluding carboxylic acids is 1. The van der Waals surface area contributed by atoms with Crippen molar-refractivity contribution in [1.82, 2.24) is 9.55 Å². The van der Waals surface area contributed by atoms with Crippen LogP contribution in [-0.2, 0) is 17.8 Å². The van der Waals surface area contributed by atoms with E-state index in [1.165, 1.54) is 23.9 Å². The van der Waals surface area contributed by atoms with Crippen LogP contribution in [0.1, 0.15) is 57.3 Å². The minimum Gasteiger partial charge on any atom is -0.327 e. The molecule has 1 unspecified atom stereocenters. The first kappa shape index (κ1) is 19.7. The quantitative estimate of drug-likeness (QED) is 0.531. The number of amides is 1. The zero-order valence-electron chi connectivity index (χ0n) is 17.8. The van der Waals surface area contributed by atoms with Crippen molar-refractivity contribution >= 4 is 22.6 Å². The molecule has 2 heterocycles. The van der Waals surface area contributed by atoms with Crippen LogP contribution in [0, 0.1) is 5.92 Å². The summed E-state index contributed by atoms with van der Waals surface area (Å²) in [5, 5.41) is 0. The second kappa shape index (κ2) is 8.40. The molecule has 1 fully saturated rings. The third-order valence-electron chi connectivity index (χ3n) is 5.79. The van der Waals surface area contributed by atoms with Gasteiger partial charge in [0.25, 0.3) is 0 Å². The third kappa shape index (κ3) is 4.07. The van der Waals surface area contributed by atoms with E-state index in [4.69, 9.17) is 4.98 Å². The minimum atomic E-state index is 0.133. The molecule has 3 aromatic rings. The number of aryl methyl sites for hydroxylation is 1. The fourth-order valence-electron chi connectivity index (χ4n) is 4.32. The number of carbonyl (C=O) groups is 1. The second-order valence-corrected chi connectivity index (χ2v) is 8.64. The number of para-hydroxylation sites is 2. The van der Waals surface area contributed by atoms with E-state index in [1.807, 2.05) is 11.0 Å². The van der Waals surface area contributed by atoms with E-state index < -0.39 is 0 Å². The molecular weight excluding hydrogens is 358 g/mol. The first-order valence-electron chi connectivity index (χ1n) is 10.9. The first-order chi connectivity index (χ1) is 14.1. The largest absolute Gasteiger partial charge is 0.327 e. The van der Waals surface area contributed by atoms with Crippen molar-refractivity contribution in [1.29, 1.82) is 0 Å². The number of fused-ring (bicyclic) bond motifs is 1. The topological polar surface area (TPSA) is 38.1 Å². The molecule has 1 atom stereocenters. The number of hydrogen-bond donors (Lipinski definition) is 0. The van der Waals surface area contributed by atoms with E-state index in [9.17, 15) is 4.79 Å².